The highest BCUT2D eigenvalue weighted by Crippen LogP contribution is 2.26. The van der Waals surface area contributed by atoms with Crippen LogP contribution in [0.5, 0.6) is 0 Å². The smallest absolute Gasteiger partial charge is 0.248 e. The van der Waals surface area contributed by atoms with E-state index >= 15 is 0 Å². The first-order chi connectivity index (χ1) is 11.7. The summed E-state index contributed by atoms with van der Waals surface area (Å²) in [6.45, 7) is 3.92. The second-order valence-electron chi connectivity index (χ2n) is 6.62. The molecule has 124 valence electrons. The summed E-state index contributed by atoms with van der Waals surface area (Å²) in [6, 6.07) is 12.9. The lowest BCUT2D eigenvalue weighted by Crippen LogP contribution is -2.51. The van der Waals surface area contributed by atoms with E-state index in [4.69, 9.17) is 5.73 Å². The zero-order valence-electron chi connectivity index (χ0n) is 13.7. The van der Waals surface area contributed by atoms with Crippen LogP contribution in [0.25, 0.3) is 0 Å². The Kier molecular flexibility index (Phi) is 3.94. The number of amides is 1. The van der Waals surface area contributed by atoms with Crippen molar-refractivity contribution in [2.75, 3.05) is 31.1 Å². The number of hydrogen-bond acceptors (Lipinski definition) is 4. The maximum atomic E-state index is 11.3. The predicted octanol–water partition coefficient (Wildman–Crippen LogP) is 1.47. The highest BCUT2D eigenvalue weighted by atomic mass is 16.1. The third-order valence-corrected chi connectivity index (χ3v) is 5.21. The van der Waals surface area contributed by atoms with Crippen LogP contribution in [0.2, 0.25) is 0 Å². The molecule has 5 nitrogen and oxygen atoms in total. The predicted molar refractivity (Wildman–Crippen MR) is 94.2 cm³/mol. The molecule has 1 saturated heterocycles. The van der Waals surface area contributed by atoms with Crippen molar-refractivity contribution in [2.24, 2.45) is 5.73 Å². The topological polar surface area (TPSA) is 62.5 Å². The van der Waals surface area contributed by atoms with Crippen LogP contribution in [-0.4, -0.2) is 48.0 Å². The molecule has 1 amide bonds. The summed E-state index contributed by atoms with van der Waals surface area (Å²) in [7, 11) is 0. The first kappa shape index (κ1) is 15.1. The molecule has 24 heavy (non-hydrogen) atoms. The molecule has 0 spiro atoms. The summed E-state index contributed by atoms with van der Waals surface area (Å²) >= 11 is 0. The Labute approximate surface area is 142 Å². The third-order valence-electron chi connectivity index (χ3n) is 5.21. The number of carbonyl (C=O) groups excluding carboxylic acids is 1. The average molecular weight is 322 g/mol. The third kappa shape index (κ3) is 2.87. The van der Waals surface area contributed by atoms with Gasteiger partial charge in [-0.2, -0.15) is 0 Å². The Balaban J connectivity index is 1.39. The Morgan fingerprint density at radius 3 is 2.33 bits per heavy atom. The molecule has 0 atom stereocenters. The summed E-state index contributed by atoms with van der Waals surface area (Å²) in [5.74, 6) is 0.446. The van der Waals surface area contributed by atoms with Crippen LogP contribution in [0.4, 0.5) is 5.82 Å². The minimum atomic E-state index is -0.402. The highest BCUT2D eigenvalue weighted by molar-refractivity contribution is 5.93. The van der Waals surface area contributed by atoms with Crippen molar-refractivity contribution >= 4 is 11.7 Å². The van der Waals surface area contributed by atoms with Crippen molar-refractivity contribution in [2.45, 2.75) is 18.9 Å². The van der Waals surface area contributed by atoms with Crippen LogP contribution in [0, 0.1) is 0 Å². The molecule has 4 rings (SSSR count). The van der Waals surface area contributed by atoms with Crippen LogP contribution in [0.3, 0.4) is 0 Å². The molecule has 0 bridgehead atoms. The number of fused-ring (bicyclic) bond motifs is 1. The van der Waals surface area contributed by atoms with E-state index in [2.05, 4.69) is 39.0 Å². The van der Waals surface area contributed by atoms with Gasteiger partial charge in [0.25, 0.3) is 0 Å². The molecule has 2 aliphatic rings. The number of primary amides is 1. The zero-order valence-corrected chi connectivity index (χ0v) is 13.7. The number of rotatable bonds is 3. The maximum Gasteiger partial charge on any atom is 0.248 e. The molecule has 2 N–H and O–H groups in total. The molecule has 1 aliphatic heterocycles. The molecular formula is C19H22N4O. The van der Waals surface area contributed by atoms with Crippen LogP contribution in [-0.2, 0) is 12.8 Å². The number of nitrogens with two attached hydrogens (primary N) is 1. The van der Waals surface area contributed by atoms with Gasteiger partial charge in [-0.1, -0.05) is 24.3 Å². The molecule has 1 aromatic heterocycles. The van der Waals surface area contributed by atoms with E-state index in [-0.39, 0.29) is 0 Å². The zero-order chi connectivity index (χ0) is 16.5. The molecule has 0 saturated carbocycles. The lowest BCUT2D eigenvalue weighted by molar-refractivity contribution is 0.1000. The summed E-state index contributed by atoms with van der Waals surface area (Å²) in [6.07, 6.45) is 3.98. The fourth-order valence-electron chi connectivity index (χ4n) is 3.85. The van der Waals surface area contributed by atoms with E-state index in [1.54, 1.807) is 18.3 Å². The van der Waals surface area contributed by atoms with Gasteiger partial charge in [0.2, 0.25) is 5.91 Å². The van der Waals surface area contributed by atoms with Gasteiger partial charge < -0.3 is 10.6 Å². The number of carbonyl (C=O) groups is 1. The van der Waals surface area contributed by atoms with Gasteiger partial charge in [-0.25, -0.2) is 4.98 Å². The lowest BCUT2D eigenvalue weighted by Gasteiger charge is -2.38. The van der Waals surface area contributed by atoms with E-state index < -0.39 is 5.91 Å². The second-order valence-corrected chi connectivity index (χ2v) is 6.62. The van der Waals surface area contributed by atoms with Crippen LogP contribution in [0.15, 0.2) is 42.6 Å². The summed E-state index contributed by atoms with van der Waals surface area (Å²) < 4.78 is 0. The number of aromatic nitrogens is 1. The Hall–Kier alpha value is -2.40. The van der Waals surface area contributed by atoms with Gasteiger partial charge in [0.05, 0.1) is 0 Å². The van der Waals surface area contributed by atoms with Gasteiger partial charge in [-0.15, -0.1) is 0 Å². The fourth-order valence-corrected chi connectivity index (χ4v) is 3.85. The van der Waals surface area contributed by atoms with Crippen molar-refractivity contribution in [3.63, 3.8) is 0 Å². The Bertz CT molecular complexity index is 728. The van der Waals surface area contributed by atoms with E-state index in [1.165, 1.54) is 11.1 Å². The lowest BCUT2D eigenvalue weighted by atomic mass is 10.1. The van der Waals surface area contributed by atoms with Gasteiger partial charge >= 0.3 is 0 Å². The van der Waals surface area contributed by atoms with Gasteiger partial charge in [0, 0.05) is 44.0 Å². The van der Waals surface area contributed by atoms with Gasteiger partial charge in [-0.05, 0) is 36.1 Å². The summed E-state index contributed by atoms with van der Waals surface area (Å²) in [4.78, 5) is 20.6. The molecule has 1 aromatic carbocycles. The van der Waals surface area contributed by atoms with Crippen molar-refractivity contribution < 1.29 is 4.79 Å². The largest absolute Gasteiger partial charge is 0.366 e. The fraction of sp³-hybridized carbons (Fsp3) is 0.368. The molecule has 1 aliphatic carbocycles. The molecule has 1 fully saturated rings. The van der Waals surface area contributed by atoms with E-state index in [9.17, 15) is 4.79 Å². The number of benzene rings is 1. The molecule has 2 aromatic rings. The number of nitrogens with zero attached hydrogens (tertiary/aromatic N) is 3. The SMILES string of the molecule is NC(=O)c1ccnc(N2CCN(C3Cc4ccccc4C3)CC2)c1. The van der Waals surface area contributed by atoms with Crippen LogP contribution < -0.4 is 10.6 Å². The monoisotopic (exact) mass is 322 g/mol. The first-order valence-electron chi connectivity index (χ1n) is 8.52. The highest BCUT2D eigenvalue weighted by Gasteiger charge is 2.29. The normalized spacial score (nSPS) is 18.6. The van der Waals surface area contributed by atoms with Crippen LogP contribution >= 0.6 is 0 Å². The van der Waals surface area contributed by atoms with Crippen molar-refractivity contribution in [3.8, 4) is 0 Å². The minimum Gasteiger partial charge on any atom is -0.366 e. The number of hydrogen-bond donors (Lipinski definition) is 1. The summed E-state index contributed by atoms with van der Waals surface area (Å²) in [5, 5.41) is 0. The minimum absolute atomic E-state index is 0.402. The van der Waals surface area contributed by atoms with E-state index in [0.29, 0.717) is 11.6 Å². The summed E-state index contributed by atoms with van der Waals surface area (Å²) in [5.41, 5.74) is 8.89. The van der Waals surface area contributed by atoms with Crippen molar-refractivity contribution in [1.29, 1.82) is 0 Å². The molecule has 5 heteroatoms. The number of anilines is 1. The number of piperazine rings is 1. The van der Waals surface area contributed by atoms with E-state index in [0.717, 1.165) is 44.8 Å². The Morgan fingerprint density at radius 2 is 1.71 bits per heavy atom. The standard InChI is InChI=1S/C19H22N4O/c20-19(24)16-5-6-21-18(13-16)23-9-7-22(8-10-23)17-11-14-3-1-2-4-15(14)12-17/h1-6,13,17H,7-12H2,(H2,20,24). The van der Waals surface area contributed by atoms with Gasteiger partial charge in [0.1, 0.15) is 5.82 Å². The first-order valence-corrected chi connectivity index (χ1v) is 8.52. The number of pyridine rings is 1. The van der Waals surface area contributed by atoms with Crippen LogP contribution in [0.1, 0.15) is 21.5 Å². The van der Waals surface area contributed by atoms with Gasteiger partial charge in [0.15, 0.2) is 0 Å². The average Bonchev–Trinajstić information content (AvgIpc) is 3.06. The Morgan fingerprint density at radius 1 is 1.04 bits per heavy atom. The molecule has 0 unspecified atom stereocenters. The van der Waals surface area contributed by atoms with Gasteiger partial charge in [-0.3, -0.25) is 9.69 Å². The quantitative estimate of drug-likeness (QED) is 0.929. The molecular weight excluding hydrogens is 300 g/mol. The molecule has 2 heterocycles. The second kappa shape index (κ2) is 6.24. The van der Waals surface area contributed by atoms with E-state index in [1.807, 2.05) is 0 Å². The van der Waals surface area contributed by atoms with Crippen molar-refractivity contribution in [3.05, 3.63) is 59.3 Å². The van der Waals surface area contributed by atoms with Crippen molar-refractivity contribution in [1.82, 2.24) is 9.88 Å². The molecule has 0 radical (unpaired) electrons. The maximum absolute atomic E-state index is 11.3.